The van der Waals surface area contributed by atoms with Gasteiger partial charge in [-0.05, 0) is 51.1 Å². The summed E-state index contributed by atoms with van der Waals surface area (Å²) in [5, 5.41) is 7.65. The van der Waals surface area contributed by atoms with Crippen molar-refractivity contribution in [2.45, 2.75) is 71.5 Å². The van der Waals surface area contributed by atoms with E-state index >= 15 is 0 Å². The average molecular weight is 414 g/mol. The fourth-order valence-electron chi connectivity index (χ4n) is 3.81. The lowest BCUT2D eigenvalue weighted by molar-refractivity contribution is -0.126. The van der Waals surface area contributed by atoms with Crippen LogP contribution < -0.4 is 10.6 Å². The van der Waals surface area contributed by atoms with Crippen molar-refractivity contribution in [3.05, 3.63) is 0 Å². The molecule has 2 fully saturated rings. The first-order valence-electron chi connectivity index (χ1n) is 10.3. The molecular formula is C19H35N5OS2. The van der Waals surface area contributed by atoms with Gasteiger partial charge >= 0.3 is 0 Å². The number of unbranched alkanes of at least 4 members (excludes halogenated alkanes) is 3. The molecule has 154 valence electrons. The number of nitrogens with zero attached hydrogens (tertiary/aromatic N) is 3. The number of carbonyl (C=O) groups is 1. The molecule has 0 bridgehead atoms. The molecule has 0 spiro atoms. The number of amides is 1. The quantitative estimate of drug-likeness (QED) is 0.468. The smallest absolute Gasteiger partial charge is 0.251 e. The van der Waals surface area contributed by atoms with Gasteiger partial charge in [-0.25, -0.2) is 0 Å². The van der Waals surface area contributed by atoms with Crippen molar-refractivity contribution in [1.82, 2.24) is 25.3 Å². The summed E-state index contributed by atoms with van der Waals surface area (Å²) in [7, 11) is 0. The van der Waals surface area contributed by atoms with Crippen LogP contribution >= 0.6 is 24.4 Å². The predicted molar refractivity (Wildman–Crippen MR) is 119 cm³/mol. The van der Waals surface area contributed by atoms with E-state index in [0.29, 0.717) is 5.11 Å². The first-order chi connectivity index (χ1) is 12.8. The zero-order valence-electron chi connectivity index (χ0n) is 17.2. The maximum atomic E-state index is 12.4. The van der Waals surface area contributed by atoms with Crippen LogP contribution in [0.2, 0.25) is 0 Å². The van der Waals surface area contributed by atoms with E-state index in [1.165, 1.54) is 25.7 Å². The summed E-state index contributed by atoms with van der Waals surface area (Å²) < 4.78 is 0. The molecule has 2 saturated heterocycles. The first kappa shape index (κ1) is 22.3. The third-order valence-electron chi connectivity index (χ3n) is 5.40. The number of carbonyl (C=O) groups excluding carboxylic acids is 1. The Balaban J connectivity index is 2.15. The van der Waals surface area contributed by atoms with E-state index in [2.05, 4.69) is 34.3 Å². The van der Waals surface area contributed by atoms with Gasteiger partial charge in [0.05, 0.1) is 0 Å². The lowest BCUT2D eigenvalue weighted by Gasteiger charge is -2.48. The topological polar surface area (TPSA) is 50.9 Å². The monoisotopic (exact) mass is 413 g/mol. The highest BCUT2D eigenvalue weighted by atomic mass is 32.1. The Hall–Kier alpha value is -0.990. The normalized spacial score (nSPS) is 22.1. The van der Waals surface area contributed by atoms with Gasteiger partial charge in [0.25, 0.3) is 5.91 Å². The lowest BCUT2D eigenvalue weighted by Crippen LogP contribution is -2.66. The lowest BCUT2D eigenvalue weighted by atomic mass is 10.0. The Morgan fingerprint density at radius 2 is 1.96 bits per heavy atom. The average Bonchev–Trinajstić information content (AvgIpc) is 2.84. The maximum Gasteiger partial charge on any atom is 0.251 e. The van der Waals surface area contributed by atoms with E-state index in [0.717, 1.165) is 44.3 Å². The van der Waals surface area contributed by atoms with Crippen molar-refractivity contribution in [1.29, 1.82) is 0 Å². The van der Waals surface area contributed by atoms with Gasteiger partial charge in [-0.1, -0.05) is 33.1 Å². The number of hydrogen-bond acceptors (Lipinski definition) is 4. The predicted octanol–water partition coefficient (Wildman–Crippen LogP) is 2.29. The van der Waals surface area contributed by atoms with Crippen LogP contribution in [0.3, 0.4) is 0 Å². The van der Waals surface area contributed by atoms with Crippen LogP contribution in [0.1, 0.15) is 59.8 Å². The summed E-state index contributed by atoms with van der Waals surface area (Å²) >= 11 is 11.4. The van der Waals surface area contributed by atoms with Gasteiger partial charge in [0.1, 0.15) is 11.7 Å². The molecule has 2 aliphatic rings. The number of hydrogen-bond donors (Lipinski definition) is 2. The van der Waals surface area contributed by atoms with Crippen LogP contribution in [0.15, 0.2) is 0 Å². The number of nitrogens with one attached hydrogen (secondary N) is 2. The summed E-state index contributed by atoms with van der Waals surface area (Å²) in [6, 6.07) is 0. The Bertz CT molecular complexity index is 554. The molecule has 2 heterocycles. The second-order valence-electron chi connectivity index (χ2n) is 7.90. The molecule has 2 rings (SSSR count). The zero-order chi connectivity index (χ0) is 20.0. The van der Waals surface area contributed by atoms with E-state index in [1.54, 1.807) is 0 Å². The Labute approximate surface area is 175 Å². The molecule has 2 N–H and O–H groups in total. The van der Waals surface area contributed by atoms with Crippen molar-refractivity contribution in [2.75, 3.05) is 32.7 Å². The first-order valence-corrected chi connectivity index (χ1v) is 11.1. The Morgan fingerprint density at radius 3 is 2.56 bits per heavy atom. The highest BCUT2D eigenvalue weighted by molar-refractivity contribution is 7.80. The zero-order valence-corrected chi connectivity index (χ0v) is 18.8. The molecule has 0 aromatic rings. The minimum Gasteiger partial charge on any atom is -0.349 e. The van der Waals surface area contributed by atoms with Crippen LogP contribution in [0.4, 0.5) is 0 Å². The second kappa shape index (κ2) is 9.98. The number of thiocarbonyl (C=S) groups is 2. The molecule has 1 unspecified atom stereocenters. The van der Waals surface area contributed by atoms with Crippen LogP contribution in [0.5, 0.6) is 0 Å². The van der Waals surface area contributed by atoms with E-state index in [-0.39, 0.29) is 12.1 Å². The van der Waals surface area contributed by atoms with Gasteiger partial charge in [-0.15, -0.1) is 0 Å². The summed E-state index contributed by atoms with van der Waals surface area (Å²) in [6.45, 7) is 12.7. The molecule has 0 aromatic heterocycles. The standard InChI is InChI=1S/C19H35N5OS2/c1-5-7-8-9-12-22(11-6-2)18(27)23-13-10-20-14-15(23)24-17(26)21-16(25)19(24,3)4/h15,20H,5-14H2,1-4H3,(H,21,25,26). The minimum absolute atomic E-state index is 0.0473. The second-order valence-corrected chi connectivity index (χ2v) is 8.65. The van der Waals surface area contributed by atoms with Gasteiger partial charge < -0.3 is 25.3 Å². The van der Waals surface area contributed by atoms with Gasteiger partial charge in [0.15, 0.2) is 10.2 Å². The van der Waals surface area contributed by atoms with E-state index in [9.17, 15) is 4.79 Å². The summed E-state index contributed by atoms with van der Waals surface area (Å²) in [5.41, 5.74) is -0.675. The molecule has 0 aliphatic carbocycles. The molecule has 6 nitrogen and oxygen atoms in total. The summed E-state index contributed by atoms with van der Waals surface area (Å²) in [4.78, 5) is 19.0. The van der Waals surface area contributed by atoms with Crippen LogP contribution in [0.25, 0.3) is 0 Å². The fourth-order valence-corrected chi connectivity index (χ4v) is 4.65. The molecule has 0 aromatic carbocycles. The summed E-state index contributed by atoms with van der Waals surface area (Å²) in [5.74, 6) is -0.0473. The third kappa shape index (κ3) is 5.09. The molecule has 0 saturated carbocycles. The third-order valence-corrected chi connectivity index (χ3v) is 6.19. The Morgan fingerprint density at radius 1 is 1.22 bits per heavy atom. The molecular weight excluding hydrogens is 378 g/mol. The van der Waals surface area contributed by atoms with Gasteiger partial charge in [-0.2, -0.15) is 0 Å². The minimum atomic E-state index is -0.675. The van der Waals surface area contributed by atoms with Crippen molar-refractivity contribution < 1.29 is 4.79 Å². The molecule has 1 atom stereocenters. The number of piperazine rings is 1. The van der Waals surface area contributed by atoms with Gasteiger partial charge in [-0.3, -0.25) is 4.79 Å². The van der Waals surface area contributed by atoms with Crippen LogP contribution in [-0.4, -0.2) is 75.3 Å². The largest absolute Gasteiger partial charge is 0.349 e. The highest BCUT2D eigenvalue weighted by Crippen LogP contribution is 2.27. The van der Waals surface area contributed by atoms with Gasteiger partial charge in [0, 0.05) is 32.7 Å². The summed E-state index contributed by atoms with van der Waals surface area (Å²) in [6.07, 6.45) is 5.93. The van der Waals surface area contributed by atoms with E-state index in [1.807, 2.05) is 18.7 Å². The van der Waals surface area contributed by atoms with Crippen molar-refractivity contribution in [3.63, 3.8) is 0 Å². The van der Waals surface area contributed by atoms with Crippen molar-refractivity contribution in [2.24, 2.45) is 0 Å². The maximum absolute atomic E-state index is 12.4. The molecule has 8 heteroatoms. The molecule has 0 radical (unpaired) electrons. The van der Waals surface area contributed by atoms with Crippen LogP contribution in [0, 0.1) is 0 Å². The molecule has 27 heavy (non-hydrogen) atoms. The van der Waals surface area contributed by atoms with Crippen LogP contribution in [-0.2, 0) is 4.79 Å². The van der Waals surface area contributed by atoms with Crippen molar-refractivity contribution >= 4 is 40.6 Å². The van der Waals surface area contributed by atoms with Gasteiger partial charge in [0.2, 0.25) is 0 Å². The van der Waals surface area contributed by atoms with E-state index in [4.69, 9.17) is 24.4 Å². The fraction of sp³-hybridized carbons (Fsp3) is 0.842. The SMILES string of the molecule is CCCCCCN(CCC)C(=S)N1CCNCC1N1C(=S)NC(=O)C1(C)C. The van der Waals surface area contributed by atoms with Crippen molar-refractivity contribution in [3.8, 4) is 0 Å². The Kier molecular flexibility index (Phi) is 8.24. The number of rotatable bonds is 8. The highest BCUT2D eigenvalue weighted by Gasteiger charge is 2.49. The molecule has 2 aliphatic heterocycles. The van der Waals surface area contributed by atoms with E-state index < -0.39 is 5.54 Å². The molecule has 1 amide bonds.